The first-order valence-corrected chi connectivity index (χ1v) is 5.17. The van der Waals surface area contributed by atoms with Crippen LogP contribution in [0.2, 0.25) is 0 Å². The number of ether oxygens (including phenoxy) is 2. The Balaban J connectivity index is 2.92. The maximum atomic E-state index is 10.8. The van der Waals surface area contributed by atoms with Crippen molar-refractivity contribution in [3.63, 3.8) is 0 Å². The third-order valence-electron chi connectivity index (χ3n) is 2.18. The van der Waals surface area contributed by atoms with Crippen molar-refractivity contribution in [1.82, 2.24) is 0 Å². The molecule has 0 aliphatic heterocycles. The topological polar surface area (TPSA) is 58.6 Å². The first-order valence-electron chi connectivity index (χ1n) is 5.17. The number of rotatable bonds is 4. The van der Waals surface area contributed by atoms with Gasteiger partial charge in [0.1, 0.15) is 6.61 Å². The van der Waals surface area contributed by atoms with E-state index in [1.165, 1.54) is 6.92 Å². The highest BCUT2D eigenvalue weighted by Gasteiger charge is 2.04. The van der Waals surface area contributed by atoms with E-state index in [4.69, 9.17) is 9.47 Å². The first kappa shape index (κ1) is 13.1. The Hall–Kier alpha value is -1.97. The smallest absolute Gasteiger partial charge is 0.302 e. The molecular weight excluding hydrogens is 220 g/mol. The Morgan fingerprint density at radius 2 is 1.88 bits per heavy atom. The van der Waals surface area contributed by atoms with E-state index < -0.39 is 5.95 Å². The number of carbonyl (C=O) groups is 1. The molecule has 0 N–H and O–H groups in total. The Kier molecular flexibility index (Phi) is 4.15. The minimum absolute atomic E-state index is 0.218. The van der Waals surface area contributed by atoms with Gasteiger partial charge in [0.25, 0.3) is 0 Å². The molecule has 0 aliphatic rings. The van der Waals surface area contributed by atoms with Crippen LogP contribution < -0.4 is 9.84 Å². The standard InChI is InChI=1S/C13H16O4/c1-8-5-12(7-16-10(3)14)6-9(2)13(8)17-11(4)15/h5-6,15H,4,7H2,1-3H3/p-1. The third-order valence-corrected chi connectivity index (χ3v) is 2.18. The first-order chi connectivity index (χ1) is 7.90. The zero-order valence-electron chi connectivity index (χ0n) is 10.2. The summed E-state index contributed by atoms with van der Waals surface area (Å²) in [5.74, 6) is -0.408. The lowest BCUT2D eigenvalue weighted by molar-refractivity contribution is -0.341. The van der Waals surface area contributed by atoms with Gasteiger partial charge in [0.15, 0.2) is 0 Å². The fourth-order valence-electron chi connectivity index (χ4n) is 1.58. The van der Waals surface area contributed by atoms with Crippen LogP contribution in [-0.2, 0) is 16.1 Å². The fourth-order valence-corrected chi connectivity index (χ4v) is 1.58. The Morgan fingerprint density at radius 3 is 2.29 bits per heavy atom. The molecule has 1 rings (SSSR count). The van der Waals surface area contributed by atoms with E-state index in [1.54, 1.807) is 0 Å². The Labute approximate surface area is 100 Å². The summed E-state index contributed by atoms with van der Waals surface area (Å²) in [7, 11) is 0. The summed E-state index contributed by atoms with van der Waals surface area (Å²) in [6.45, 7) is 8.39. The zero-order valence-corrected chi connectivity index (χ0v) is 10.2. The average molecular weight is 235 g/mol. The van der Waals surface area contributed by atoms with Crippen LogP contribution in [0.1, 0.15) is 23.6 Å². The SMILES string of the molecule is C=C([O-])Oc1c(C)cc(COC(C)=O)cc1C. The van der Waals surface area contributed by atoms with Gasteiger partial charge in [-0.2, -0.15) is 0 Å². The van der Waals surface area contributed by atoms with Gasteiger partial charge >= 0.3 is 5.97 Å². The summed E-state index contributed by atoms with van der Waals surface area (Å²) in [5, 5.41) is 10.8. The molecular formula is C13H15O4-. The van der Waals surface area contributed by atoms with Crippen molar-refractivity contribution in [3.8, 4) is 5.75 Å². The molecule has 0 saturated carbocycles. The molecule has 4 heteroatoms. The highest BCUT2D eigenvalue weighted by molar-refractivity contribution is 5.66. The maximum absolute atomic E-state index is 10.8. The third kappa shape index (κ3) is 3.83. The molecule has 0 spiro atoms. The van der Waals surface area contributed by atoms with E-state index in [0.29, 0.717) is 5.75 Å². The van der Waals surface area contributed by atoms with Gasteiger partial charge in [0.2, 0.25) is 0 Å². The van der Waals surface area contributed by atoms with E-state index in [0.717, 1.165) is 16.7 Å². The van der Waals surface area contributed by atoms with Crippen LogP contribution in [-0.4, -0.2) is 5.97 Å². The highest BCUT2D eigenvalue weighted by Crippen LogP contribution is 2.25. The number of benzene rings is 1. The van der Waals surface area contributed by atoms with Gasteiger partial charge in [-0.05, 0) is 30.5 Å². The van der Waals surface area contributed by atoms with Gasteiger partial charge in [-0.15, -0.1) is 0 Å². The Morgan fingerprint density at radius 1 is 1.35 bits per heavy atom. The van der Waals surface area contributed by atoms with Crippen LogP contribution in [0.15, 0.2) is 24.7 Å². The number of carbonyl (C=O) groups excluding carboxylic acids is 1. The quantitative estimate of drug-likeness (QED) is 0.587. The minimum Gasteiger partial charge on any atom is -0.579 e. The second kappa shape index (κ2) is 5.39. The summed E-state index contributed by atoms with van der Waals surface area (Å²) >= 11 is 0. The maximum Gasteiger partial charge on any atom is 0.302 e. The summed E-state index contributed by atoms with van der Waals surface area (Å²) in [6.07, 6.45) is 0. The van der Waals surface area contributed by atoms with Crippen molar-refractivity contribution in [2.45, 2.75) is 27.4 Å². The summed E-state index contributed by atoms with van der Waals surface area (Å²) in [4.78, 5) is 10.7. The van der Waals surface area contributed by atoms with Gasteiger partial charge in [-0.1, -0.05) is 18.7 Å². The van der Waals surface area contributed by atoms with Crippen molar-refractivity contribution in [2.75, 3.05) is 0 Å². The van der Waals surface area contributed by atoms with Crippen molar-refractivity contribution >= 4 is 5.97 Å². The van der Waals surface area contributed by atoms with Gasteiger partial charge in [-0.3, -0.25) is 4.79 Å². The second-order valence-electron chi connectivity index (χ2n) is 3.81. The van der Waals surface area contributed by atoms with E-state index in [9.17, 15) is 9.90 Å². The van der Waals surface area contributed by atoms with Gasteiger partial charge in [0.05, 0.1) is 0 Å². The van der Waals surface area contributed by atoms with Crippen LogP contribution >= 0.6 is 0 Å². The molecule has 0 amide bonds. The summed E-state index contributed by atoms with van der Waals surface area (Å²) < 4.78 is 9.90. The van der Waals surface area contributed by atoms with Crippen LogP contribution in [0.4, 0.5) is 0 Å². The predicted octanol–water partition coefficient (Wildman–Crippen LogP) is 1.58. The van der Waals surface area contributed by atoms with Crippen molar-refractivity contribution in [1.29, 1.82) is 0 Å². The molecule has 0 aromatic heterocycles. The van der Waals surface area contributed by atoms with Gasteiger partial charge in [0, 0.05) is 18.6 Å². The van der Waals surface area contributed by atoms with Crippen LogP contribution in [0.3, 0.4) is 0 Å². The molecule has 92 valence electrons. The van der Waals surface area contributed by atoms with Crippen molar-refractivity contribution < 1.29 is 19.4 Å². The molecule has 4 nitrogen and oxygen atoms in total. The molecule has 0 heterocycles. The molecule has 0 saturated heterocycles. The van der Waals surface area contributed by atoms with E-state index in [2.05, 4.69) is 6.58 Å². The molecule has 0 fully saturated rings. The van der Waals surface area contributed by atoms with Crippen LogP contribution in [0, 0.1) is 13.8 Å². The summed E-state index contributed by atoms with van der Waals surface area (Å²) in [6, 6.07) is 3.63. The van der Waals surface area contributed by atoms with Crippen molar-refractivity contribution in [2.24, 2.45) is 0 Å². The largest absolute Gasteiger partial charge is 0.579 e. The predicted molar refractivity (Wildman–Crippen MR) is 61.2 cm³/mol. The van der Waals surface area contributed by atoms with E-state index >= 15 is 0 Å². The number of esters is 1. The molecule has 0 radical (unpaired) electrons. The lowest BCUT2D eigenvalue weighted by Gasteiger charge is -2.20. The van der Waals surface area contributed by atoms with E-state index in [1.807, 2.05) is 26.0 Å². The molecule has 0 unspecified atom stereocenters. The van der Waals surface area contributed by atoms with Crippen LogP contribution in [0.25, 0.3) is 0 Å². The number of aryl methyl sites for hydroxylation is 2. The molecule has 17 heavy (non-hydrogen) atoms. The minimum atomic E-state index is -0.594. The Bertz CT molecular complexity index is 426. The molecule has 0 aliphatic carbocycles. The fraction of sp³-hybridized carbons (Fsp3) is 0.308. The monoisotopic (exact) mass is 235 g/mol. The average Bonchev–Trinajstić information content (AvgIpc) is 2.20. The zero-order chi connectivity index (χ0) is 13.0. The second-order valence-corrected chi connectivity index (χ2v) is 3.81. The van der Waals surface area contributed by atoms with Crippen molar-refractivity contribution in [3.05, 3.63) is 41.3 Å². The van der Waals surface area contributed by atoms with Gasteiger partial charge in [-0.25, -0.2) is 0 Å². The summed E-state index contributed by atoms with van der Waals surface area (Å²) in [5.41, 5.74) is 2.48. The van der Waals surface area contributed by atoms with E-state index in [-0.39, 0.29) is 12.6 Å². The number of hydrogen-bond acceptors (Lipinski definition) is 4. The molecule has 1 aromatic carbocycles. The molecule has 1 aromatic rings. The molecule has 0 bridgehead atoms. The molecule has 0 atom stereocenters. The lowest BCUT2D eigenvalue weighted by Crippen LogP contribution is -2.10. The highest BCUT2D eigenvalue weighted by atomic mass is 16.6. The van der Waals surface area contributed by atoms with Crippen LogP contribution in [0.5, 0.6) is 5.75 Å². The lowest BCUT2D eigenvalue weighted by atomic mass is 10.1. The number of hydrogen-bond donors (Lipinski definition) is 0. The normalized spacial score (nSPS) is 9.82. The van der Waals surface area contributed by atoms with Gasteiger partial charge < -0.3 is 14.6 Å².